The van der Waals surface area contributed by atoms with Gasteiger partial charge >= 0.3 is 0 Å². The van der Waals surface area contributed by atoms with E-state index in [4.69, 9.17) is 9.15 Å². The summed E-state index contributed by atoms with van der Waals surface area (Å²) < 4.78 is 11.7. The number of fused-ring (bicyclic) bond motifs is 1. The van der Waals surface area contributed by atoms with Crippen LogP contribution in [0.4, 0.5) is 5.69 Å². The van der Waals surface area contributed by atoms with Crippen molar-refractivity contribution >= 4 is 22.6 Å². The zero-order valence-corrected chi connectivity index (χ0v) is 17.7. The van der Waals surface area contributed by atoms with Gasteiger partial charge in [-0.2, -0.15) is 5.26 Å². The van der Waals surface area contributed by atoms with Gasteiger partial charge in [0.2, 0.25) is 5.88 Å². The monoisotopic (exact) mass is 411 g/mol. The third-order valence-electron chi connectivity index (χ3n) is 5.24. The number of hydrogen-bond donors (Lipinski definition) is 1. The Morgan fingerprint density at radius 2 is 1.84 bits per heavy atom. The van der Waals surface area contributed by atoms with Gasteiger partial charge in [0, 0.05) is 22.8 Å². The Labute approximate surface area is 180 Å². The molecule has 1 N–H and O–H groups in total. The van der Waals surface area contributed by atoms with Crippen molar-refractivity contribution in [1.29, 1.82) is 5.26 Å². The third-order valence-corrected chi connectivity index (χ3v) is 5.24. The third kappa shape index (κ3) is 3.74. The van der Waals surface area contributed by atoms with E-state index in [2.05, 4.69) is 16.4 Å². The minimum absolute atomic E-state index is 0.241. The molecular weight excluding hydrogens is 390 g/mol. The molecule has 2 aromatic carbocycles. The van der Waals surface area contributed by atoms with Crippen LogP contribution in [0.5, 0.6) is 11.6 Å². The minimum atomic E-state index is -0.305. The van der Waals surface area contributed by atoms with Crippen molar-refractivity contribution in [1.82, 2.24) is 4.98 Å². The number of pyridine rings is 1. The molecule has 4 aromatic rings. The van der Waals surface area contributed by atoms with E-state index in [1.807, 2.05) is 39.8 Å². The van der Waals surface area contributed by atoms with Crippen LogP contribution in [-0.2, 0) is 0 Å². The van der Waals surface area contributed by atoms with Gasteiger partial charge in [-0.25, -0.2) is 4.98 Å². The fourth-order valence-electron chi connectivity index (χ4n) is 3.58. The van der Waals surface area contributed by atoms with Crippen molar-refractivity contribution in [2.75, 3.05) is 5.32 Å². The number of benzene rings is 2. The molecule has 2 heterocycles. The molecular formula is C25H21N3O3. The number of nitrogens with zero attached hydrogens (tertiary/aromatic N) is 2. The first kappa shape index (κ1) is 20.2. The lowest BCUT2D eigenvalue weighted by Crippen LogP contribution is -2.13. The number of amides is 1. The number of nitriles is 1. The first-order chi connectivity index (χ1) is 14.9. The topological polar surface area (TPSA) is 88.1 Å². The second kappa shape index (κ2) is 7.96. The second-order valence-electron chi connectivity index (χ2n) is 7.46. The number of anilines is 1. The summed E-state index contributed by atoms with van der Waals surface area (Å²) >= 11 is 0. The average Bonchev–Trinajstić information content (AvgIpc) is 3.12. The van der Waals surface area contributed by atoms with E-state index in [1.165, 1.54) is 0 Å². The number of aryl methyl sites for hydroxylation is 4. The quantitative estimate of drug-likeness (QED) is 0.446. The highest BCUT2D eigenvalue weighted by molar-refractivity contribution is 6.07. The van der Waals surface area contributed by atoms with Crippen LogP contribution in [0.25, 0.3) is 11.0 Å². The number of carbonyl (C=O) groups excluding carboxylic acids is 1. The van der Waals surface area contributed by atoms with E-state index < -0.39 is 0 Å². The van der Waals surface area contributed by atoms with Crippen LogP contribution in [0, 0.1) is 39.0 Å². The van der Waals surface area contributed by atoms with Gasteiger partial charge in [0.05, 0.1) is 0 Å². The van der Waals surface area contributed by atoms with Crippen LogP contribution >= 0.6 is 0 Å². The van der Waals surface area contributed by atoms with Crippen LogP contribution in [-0.4, -0.2) is 10.9 Å². The lowest BCUT2D eigenvalue weighted by Gasteiger charge is -2.11. The van der Waals surface area contributed by atoms with Gasteiger partial charge in [0.1, 0.15) is 23.0 Å². The molecule has 1 amide bonds. The van der Waals surface area contributed by atoms with Gasteiger partial charge in [-0.15, -0.1) is 0 Å². The summed E-state index contributed by atoms with van der Waals surface area (Å²) in [5, 5.41) is 13.1. The molecule has 0 unspecified atom stereocenters. The molecule has 0 fully saturated rings. The van der Waals surface area contributed by atoms with E-state index in [1.54, 1.807) is 36.5 Å². The molecule has 0 atom stereocenters. The normalized spacial score (nSPS) is 10.7. The smallest absolute Gasteiger partial charge is 0.291 e. The van der Waals surface area contributed by atoms with Crippen LogP contribution in [0.1, 0.15) is 38.4 Å². The Morgan fingerprint density at radius 3 is 2.55 bits per heavy atom. The van der Waals surface area contributed by atoms with Crippen molar-refractivity contribution in [2.45, 2.75) is 27.7 Å². The van der Waals surface area contributed by atoms with Crippen LogP contribution < -0.4 is 10.1 Å². The van der Waals surface area contributed by atoms with E-state index in [9.17, 15) is 10.1 Å². The minimum Gasteiger partial charge on any atom is -0.450 e. The van der Waals surface area contributed by atoms with Gasteiger partial charge in [-0.05, 0) is 74.7 Å². The number of rotatable bonds is 4. The first-order valence-electron chi connectivity index (χ1n) is 9.83. The van der Waals surface area contributed by atoms with Crippen molar-refractivity contribution in [2.24, 2.45) is 0 Å². The standard InChI is InChI=1S/C25H21N3O3/c1-14-7-8-15(2)22-21(14)17(4)23(31-22)24(29)28-20-10-9-19(12-16(20)3)30-25-18(13-26)6-5-11-27-25/h5-12H,1-4H3,(H,28,29). The Hall–Kier alpha value is -4.11. The summed E-state index contributed by atoms with van der Waals surface area (Å²) in [6, 6.07) is 14.7. The number of nitrogens with one attached hydrogen (secondary N) is 1. The predicted octanol–water partition coefficient (Wildman–Crippen LogP) is 5.98. The van der Waals surface area contributed by atoms with Crippen molar-refractivity contribution in [3.63, 3.8) is 0 Å². The molecule has 154 valence electrons. The molecule has 0 spiro atoms. The Bertz CT molecular complexity index is 1360. The van der Waals surface area contributed by atoms with Crippen molar-refractivity contribution in [3.8, 4) is 17.7 Å². The second-order valence-corrected chi connectivity index (χ2v) is 7.46. The fraction of sp³-hybridized carbons (Fsp3) is 0.160. The number of hydrogen-bond acceptors (Lipinski definition) is 5. The molecule has 6 nitrogen and oxygen atoms in total. The number of ether oxygens (including phenoxy) is 1. The van der Waals surface area contributed by atoms with Gasteiger partial charge in [-0.1, -0.05) is 12.1 Å². The summed E-state index contributed by atoms with van der Waals surface area (Å²) in [6.45, 7) is 7.74. The number of aromatic nitrogens is 1. The molecule has 4 rings (SSSR count). The molecule has 2 aromatic heterocycles. The van der Waals surface area contributed by atoms with Crippen molar-refractivity contribution < 1.29 is 13.9 Å². The first-order valence-corrected chi connectivity index (χ1v) is 9.83. The van der Waals surface area contributed by atoms with E-state index >= 15 is 0 Å². The zero-order valence-electron chi connectivity index (χ0n) is 17.7. The highest BCUT2D eigenvalue weighted by atomic mass is 16.5. The Kier molecular flexibility index (Phi) is 5.18. The van der Waals surface area contributed by atoms with Crippen LogP contribution in [0.3, 0.4) is 0 Å². The molecule has 0 bridgehead atoms. The summed E-state index contributed by atoms with van der Waals surface area (Å²) in [7, 11) is 0. The molecule has 31 heavy (non-hydrogen) atoms. The summed E-state index contributed by atoms with van der Waals surface area (Å²) in [5.41, 5.74) is 5.44. The molecule has 0 radical (unpaired) electrons. The zero-order chi connectivity index (χ0) is 22.1. The average molecular weight is 411 g/mol. The molecule has 6 heteroatoms. The maximum absolute atomic E-state index is 13.0. The largest absolute Gasteiger partial charge is 0.450 e. The fourth-order valence-corrected chi connectivity index (χ4v) is 3.58. The molecule has 0 aliphatic carbocycles. The maximum atomic E-state index is 13.0. The van der Waals surface area contributed by atoms with Crippen LogP contribution in [0.15, 0.2) is 53.1 Å². The van der Waals surface area contributed by atoms with Crippen LogP contribution in [0.2, 0.25) is 0 Å². The van der Waals surface area contributed by atoms with Crippen molar-refractivity contribution in [3.05, 3.63) is 82.2 Å². The Balaban J connectivity index is 1.59. The van der Waals surface area contributed by atoms with E-state index in [-0.39, 0.29) is 11.8 Å². The van der Waals surface area contributed by atoms with E-state index in [0.717, 1.165) is 33.2 Å². The molecule has 0 aliphatic rings. The summed E-state index contributed by atoms with van der Waals surface area (Å²) in [5.74, 6) is 0.765. The molecule has 0 aliphatic heterocycles. The van der Waals surface area contributed by atoms with E-state index in [0.29, 0.717) is 22.8 Å². The van der Waals surface area contributed by atoms with Gasteiger partial charge in [0.15, 0.2) is 5.76 Å². The van der Waals surface area contributed by atoms with Gasteiger partial charge < -0.3 is 14.5 Å². The van der Waals surface area contributed by atoms with Gasteiger partial charge in [0.25, 0.3) is 5.91 Å². The highest BCUT2D eigenvalue weighted by Crippen LogP contribution is 2.32. The number of furan rings is 1. The SMILES string of the molecule is Cc1cc(Oc2ncccc2C#N)ccc1NC(=O)c1oc2c(C)ccc(C)c2c1C. The summed E-state index contributed by atoms with van der Waals surface area (Å²) in [6.07, 6.45) is 1.57. The lowest BCUT2D eigenvalue weighted by atomic mass is 10.0. The maximum Gasteiger partial charge on any atom is 0.291 e. The molecule has 0 saturated carbocycles. The Morgan fingerprint density at radius 1 is 1.06 bits per heavy atom. The lowest BCUT2D eigenvalue weighted by molar-refractivity contribution is 0.0998. The predicted molar refractivity (Wildman–Crippen MR) is 119 cm³/mol. The number of carbonyl (C=O) groups is 1. The summed E-state index contributed by atoms with van der Waals surface area (Å²) in [4.78, 5) is 17.1. The highest BCUT2D eigenvalue weighted by Gasteiger charge is 2.20. The van der Waals surface area contributed by atoms with Gasteiger partial charge in [-0.3, -0.25) is 4.79 Å². The molecule has 0 saturated heterocycles.